The van der Waals surface area contributed by atoms with Gasteiger partial charge in [0, 0.05) is 55.1 Å². The monoisotopic (exact) mass is 537 g/mol. The van der Waals surface area contributed by atoms with Crippen molar-refractivity contribution in [1.29, 1.82) is 0 Å². The minimum absolute atomic E-state index is 0.0692. The van der Waals surface area contributed by atoms with Crippen molar-refractivity contribution >= 4 is 40.1 Å². The van der Waals surface area contributed by atoms with Crippen LogP contribution in [0.1, 0.15) is 47.1 Å². The molecular weight excluding hydrogens is 506 g/mol. The highest BCUT2D eigenvalue weighted by atomic mass is 16.6. The largest absolute Gasteiger partial charge is 0.354 e. The average molecular weight is 538 g/mol. The molecule has 1 fully saturated rings. The van der Waals surface area contributed by atoms with Crippen molar-refractivity contribution in [2.24, 2.45) is 0 Å². The van der Waals surface area contributed by atoms with Gasteiger partial charge in [-0.1, -0.05) is 30.3 Å². The first-order valence-electron chi connectivity index (χ1n) is 13.8. The van der Waals surface area contributed by atoms with E-state index in [1.54, 1.807) is 6.07 Å². The number of benzene rings is 3. The van der Waals surface area contributed by atoms with Crippen LogP contribution >= 0.6 is 0 Å². The average Bonchev–Trinajstić information content (AvgIpc) is 3.53. The van der Waals surface area contributed by atoms with Crippen molar-refractivity contribution in [2.75, 3.05) is 30.3 Å². The number of likely N-dealkylation sites (tertiary alicyclic amines) is 1. The van der Waals surface area contributed by atoms with Crippen molar-refractivity contribution in [1.82, 2.24) is 10.2 Å². The van der Waals surface area contributed by atoms with Crippen LogP contribution in [0, 0.1) is 10.1 Å². The summed E-state index contributed by atoms with van der Waals surface area (Å²) in [6.07, 6.45) is 4.25. The third kappa shape index (κ3) is 5.20. The molecule has 0 spiro atoms. The number of hydrogen-bond acceptors (Lipinski definition) is 6. The van der Waals surface area contributed by atoms with Crippen LogP contribution in [-0.4, -0.2) is 41.3 Å². The van der Waals surface area contributed by atoms with E-state index in [2.05, 4.69) is 28.1 Å². The Labute approximate surface area is 232 Å². The lowest BCUT2D eigenvalue weighted by atomic mass is 9.97. The number of nitro benzene ring substituents is 1. The second-order valence-electron chi connectivity index (χ2n) is 10.5. The van der Waals surface area contributed by atoms with Crippen molar-refractivity contribution in [2.45, 2.75) is 38.6 Å². The number of fused-ring (bicyclic) bond motifs is 2. The predicted molar refractivity (Wildman–Crippen MR) is 155 cm³/mol. The molecular formula is C31H31N5O4. The molecule has 0 bridgehead atoms. The zero-order valence-electron chi connectivity index (χ0n) is 22.2. The maximum Gasteiger partial charge on any atom is 0.270 e. The van der Waals surface area contributed by atoms with Crippen LogP contribution in [0.25, 0.3) is 11.3 Å². The second-order valence-corrected chi connectivity index (χ2v) is 10.5. The predicted octanol–water partition coefficient (Wildman–Crippen LogP) is 4.73. The summed E-state index contributed by atoms with van der Waals surface area (Å²) < 4.78 is 0. The van der Waals surface area contributed by atoms with Gasteiger partial charge in [0.05, 0.1) is 16.2 Å². The highest BCUT2D eigenvalue weighted by Gasteiger charge is 2.30. The summed E-state index contributed by atoms with van der Waals surface area (Å²) in [5, 5.41) is 21.3. The standard InChI is InChI=1S/C31H31N5O4/c37-28-4-2-16-35(28)15-1-3-20-5-7-21(8-6-20)30(33-24-10-9-23-19-32-14-13-22(23)17-24)29-26-18-25(36(39)40)11-12-27(26)34-31(29)38/h5-12,17-18,32-33H,1-4,13-16,19H2,(H,34,38). The number of amides is 2. The van der Waals surface area contributed by atoms with Gasteiger partial charge in [-0.05, 0) is 72.7 Å². The smallest absolute Gasteiger partial charge is 0.270 e. The van der Waals surface area contributed by atoms with E-state index in [0.717, 1.165) is 68.7 Å². The van der Waals surface area contributed by atoms with Crippen molar-refractivity contribution in [3.8, 4) is 0 Å². The van der Waals surface area contributed by atoms with E-state index in [9.17, 15) is 19.7 Å². The van der Waals surface area contributed by atoms with Gasteiger partial charge in [-0.25, -0.2) is 0 Å². The van der Waals surface area contributed by atoms with Crippen LogP contribution in [0.5, 0.6) is 0 Å². The number of non-ortho nitro benzene ring substituents is 1. The van der Waals surface area contributed by atoms with Gasteiger partial charge in [0.15, 0.2) is 0 Å². The second kappa shape index (κ2) is 10.9. The van der Waals surface area contributed by atoms with Gasteiger partial charge in [-0.15, -0.1) is 0 Å². The molecule has 0 unspecified atom stereocenters. The topological polar surface area (TPSA) is 117 Å². The minimum Gasteiger partial charge on any atom is -0.354 e. The van der Waals surface area contributed by atoms with E-state index in [1.807, 2.05) is 35.2 Å². The number of carbonyl (C=O) groups is 2. The lowest BCUT2D eigenvalue weighted by Gasteiger charge is -2.20. The Morgan fingerprint density at radius 1 is 1.00 bits per heavy atom. The number of aryl methyl sites for hydroxylation is 1. The van der Waals surface area contributed by atoms with E-state index in [1.165, 1.54) is 23.3 Å². The third-order valence-electron chi connectivity index (χ3n) is 7.88. The molecule has 9 heteroatoms. The minimum atomic E-state index is -0.449. The molecule has 0 aromatic heterocycles. The molecule has 1 saturated heterocycles. The number of nitrogens with zero attached hydrogens (tertiary/aromatic N) is 2. The Morgan fingerprint density at radius 2 is 1.85 bits per heavy atom. The maximum atomic E-state index is 13.3. The van der Waals surface area contributed by atoms with Crippen LogP contribution in [0.15, 0.2) is 60.7 Å². The summed E-state index contributed by atoms with van der Waals surface area (Å²) in [6, 6.07) is 18.7. The van der Waals surface area contributed by atoms with Crippen LogP contribution in [-0.2, 0) is 29.0 Å². The Kier molecular flexibility index (Phi) is 7.04. The number of nitro groups is 1. The van der Waals surface area contributed by atoms with E-state index >= 15 is 0 Å². The molecule has 204 valence electrons. The SMILES string of the molecule is O=C1Nc2ccc([N+](=O)[O-])cc2C1=C(Nc1ccc2c(c1)CCNC2)c1ccc(CCCN2CCCC2=O)cc1. The molecule has 9 nitrogen and oxygen atoms in total. The Morgan fingerprint density at radius 3 is 2.62 bits per heavy atom. The Hall–Kier alpha value is -4.50. The first-order valence-corrected chi connectivity index (χ1v) is 13.8. The van der Waals surface area contributed by atoms with E-state index in [4.69, 9.17) is 0 Å². The molecule has 0 radical (unpaired) electrons. The molecule has 3 aliphatic heterocycles. The summed E-state index contributed by atoms with van der Waals surface area (Å²) in [6.45, 7) is 3.36. The Balaban J connectivity index is 1.34. The van der Waals surface area contributed by atoms with E-state index in [-0.39, 0.29) is 17.5 Å². The molecule has 3 aliphatic rings. The zero-order valence-corrected chi connectivity index (χ0v) is 22.2. The third-order valence-corrected chi connectivity index (χ3v) is 7.88. The number of hydrogen-bond donors (Lipinski definition) is 3. The highest BCUT2D eigenvalue weighted by molar-refractivity contribution is 6.37. The fourth-order valence-electron chi connectivity index (χ4n) is 5.75. The highest BCUT2D eigenvalue weighted by Crippen LogP contribution is 2.39. The molecule has 3 aromatic carbocycles. The first kappa shape index (κ1) is 25.8. The molecule has 3 N–H and O–H groups in total. The van der Waals surface area contributed by atoms with Crippen LogP contribution in [0.2, 0.25) is 0 Å². The van der Waals surface area contributed by atoms with E-state index < -0.39 is 4.92 Å². The molecule has 2 amide bonds. The molecule has 40 heavy (non-hydrogen) atoms. The summed E-state index contributed by atoms with van der Waals surface area (Å²) in [4.78, 5) is 38.2. The fourth-order valence-corrected chi connectivity index (χ4v) is 5.75. The summed E-state index contributed by atoms with van der Waals surface area (Å²) in [7, 11) is 0. The van der Waals surface area contributed by atoms with Gasteiger partial charge in [0.1, 0.15) is 0 Å². The molecule has 0 aliphatic carbocycles. The quantitative estimate of drug-likeness (QED) is 0.217. The van der Waals surface area contributed by atoms with E-state index in [0.29, 0.717) is 28.9 Å². The normalized spacial score (nSPS) is 17.4. The maximum absolute atomic E-state index is 13.3. The molecule has 3 aromatic rings. The van der Waals surface area contributed by atoms with Gasteiger partial charge in [0.25, 0.3) is 11.6 Å². The van der Waals surface area contributed by atoms with Crippen molar-refractivity contribution in [3.05, 3.63) is 98.6 Å². The number of carbonyl (C=O) groups excluding carboxylic acids is 2. The van der Waals surface area contributed by atoms with Crippen LogP contribution in [0.3, 0.4) is 0 Å². The van der Waals surface area contributed by atoms with Gasteiger partial charge in [-0.2, -0.15) is 0 Å². The van der Waals surface area contributed by atoms with Gasteiger partial charge >= 0.3 is 0 Å². The fraction of sp³-hybridized carbons (Fsp3) is 0.290. The van der Waals surface area contributed by atoms with Crippen molar-refractivity contribution in [3.63, 3.8) is 0 Å². The lowest BCUT2D eigenvalue weighted by Crippen LogP contribution is -2.25. The first-order chi connectivity index (χ1) is 19.5. The summed E-state index contributed by atoms with van der Waals surface area (Å²) >= 11 is 0. The molecule has 0 atom stereocenters. The van der Waals surface area contributed by atoms with Gasteiger partial charge in [-0.3, -0.25) is 19.7 Å². The summed E-state index contributed by atoms with van der Waals surface area (Å²) in [5.41, 5.74) is 7.28. The molecule has 0 saturated carbocycles. The van der Waals surface area contributed by atoms with Gasteiger partial charge in [0.2, 0.25) is 5.91 Å². The lowest BCUT2D eigenvalue weighted by molar-refractivity contribution is -0.384. The molecule has 6 rings (SSSR count). The zero-order chi connectivity index (χ0) is 27.6. The van der Waals surface area contributed by atoms with Crippen molar-refractivity contribution < 1.29 is 14.5 Å². The summed E-state index contributed by atoms with van der Waals surface area (Å²) in [5.74, 6) is -0.0639. The van der Waals surface area contributed by atoms with Crippen LogP contribution in [0.4, 0.5) is 17.1 Å². The van der Waals surface area contributed by atoms with Crippen LogP contribution < -0.4 is 16.0 Å². The number of anilines is 2. The number of rotatable bonds is 8. The Bertz CT molecular complexity index is 1530. The number of nitrogens with one attached hydrogen (secondary N) is 3. The van der Waals surface area contributed by atoms with Gasteiger partial charge < -0.3 is 20.9 Å². The molecule has 3 heterocycles.